The maximum atomic E-state index is 16.9. The number of benzene rings is 2. The lowest BCUT2D eigenvalue weighted by Gasteiger charge is -2.39. The standard InChI is InChI=1S/C33H36F2N6O.C2H6/c1-19-16-24-27-30(28(35)29(37-24)22-7-3-6-21-8-9-23(34)20(2)26(21)22)38-32(39-31(27)41-15-12-36-17-25(19)41)42-18-33-10-4-13-40(33)14-5-11-33;1-2/h3,6-9,19,25,36H,4-5,10-18H2,1-2H3;1-2H3/t19-,25?;/m0./s1. The summed E-state index contributed by atoms with van der Waals surface area (Å²) in [5.41, 5.74) is 2.30. The Morgan fingerprint density at radius 2 is 1.80 bits per heavy atom. The van der Waals surface area contributed by atoms with Gasteiger partial charge in [0.2, 0.25) is 0 Å². The maximum Gasteiger partial charge on any atom is 0.319 e. The molecule has 7 nitrogen and oxygen atoms in total. The van der Waals surface area contributed by atoms with Crippen molar-refractivity contribution in [2.45, 2.75) is 71.4 Å². The molecule has 3 saturated heterocycles. The van der Waals surface area contributed by atoms with Crippen molar-refractivity contribution in [1.82, 2.24) is 25.2 Å². The van der Waals surface area contributed by atoms with Gasteiger partial charge in [-0.1, -0.05) is 45.0 Å². The number of anilines is 1. The molecular formula is C35H42F2N6O. The van der Waals surface area contributed by atoms with E-state index in [4.69, 9.17) is 19.7 Å². The normalized spacial score (nSPS) is 22.4. The Balaban J connectivity index is 0.00000153. The van der Waals surface area contributed by atoms with Gasteiger partial charge in [0.15, 0.2) is 5.82 Å². The highest BCUT2D eigenvalue weighted by Gasteiger charge is 2.45. The summed E-state index contributed by atoms with van der Waals surface area (Å²) in [6.07, 6.45) is 5.22. The van der Waals surface area contributed by atoms with Gasteiger partial charge in [0.1, 0.15) is 29.5 Å². The van der Waals surface area contributed by atoms with Crippen molar-refractivity contribution in [2.24, 2.45) is 5.92 Å². The Bertz CT molecular complexity index is 1720. The zero-order valence-electron chi connectivity index (χ0n) is 26.2. The van der Waals surface area contributed by atoms with Crippen LogP contribution in [0.4, 0.5) is 14.6 Å². The fraction of sp³-hybridized carbons (Fsp3) is 0.514. The van der Waals surface area contributed by atoms with Crippen molar-refractivity contribution in [2.75, 3.05) is 44.2 Å². The van der Waals surface area contributed by atoms with Gasteiger partial charge in [-0.05, 0) is 80.4 Å². The first-order valence-electron chi connectivity index (χ1n) is 16.4. The minimum Gasteiger partial charge on any atom is -0.461 e. The molecular weight excluding hydrogens is 558 g/mol. The number of hydrogen-bond donors (Lipinski definition) is 1. The SMILES string of the molecule is CC.Cc1c(F)ccc2cccc(-c3nc4c5c(nc(OCC67CCCN6CCC7)nc5c3F)N3CCNCC3[C@@H](C)C4)c12. The molecule has 2 aromatic heterocycles. The Labute approximate surface area is 258 Å². The van der Waals surface area contributed by atoms with Crippen LogP contribution in [0.5, 0.6) is 6.01 Å². The van der Waals surface area contributed by atoms with E-state index in [1.54, 1.807) is 13.0 Å². The molecule has 0 aliphatic carbocycles. The van der Waals surface area contributed by atoms with Gasteiger partial charge in [0, 0.05) is 31.2 Å². The average molecular weight is 601 g/mol. The zero-order valence-corrected chi connectivity index (χ0v) is 26.2. The minimum atomic E-state index is -0.513. The van der Waals surface area contributed by atoms with Gasteiger partial charge in [-0.3, -0.25) is 4.90 Å². The van der Waals surface area contributed by atoms with Crippen molar-refractivity contribution in [3.8, 4) is 17.3 Å². The van der Waals surface area contributed by atoms with Crippen LogP contribution in [0.15, 0.2) is 30.3 Å². The molecule has 2 atom stereocenters. The minimum absolute atomic E-state index is 0.0240. The van der Waals surface area contributed by atoms with E-state index in [0.717, 1.165) is 56.6 Å². The fourth-order valence-corrected chi connectivity index (χ4v) is 8.13. The highest BCUT2D eigenvalue weighted by atomic mass is 19.1. The third-order valence-electron chi connectivity index (χ3n) is 10.3. The van der Waals surface area contributed by atoms with Crippen molar-refractivity contribution in [3.63, 3.8) is 0 Å². The lowest BCUT2D eigenvalue weighted by molar-refractivity contribution is 0.108. The highest BCUT2D eigenvalue weighted by molar-refractivity contribution is 6.01. The topological polar surface area (TPSA) is 66.4 Å². The summed E-state index contributed by atoms with van der Waals surface area (Å²) in [6, 6.07) is 9.25. The Hall–Kier alpha value is -3.43. The van der Waals surface area contributed by atoms with E-state index < -0.39 is 5.82 Å². The first-order chi connectivity index (χ1) is 21.4. The number of pyridine rings is 1. The summed E-state index contributed by atoms with van der Waals surface area (Å²) in [7, 11) is 0. The third kappa shape index (κ3) is 4.62. The van der Waals surface area contributed by atoms with Gasteiger partial charge >= 0.3 is 6.01 Å². The summed E-state index contributed by atoms with van der Waals surface area (Å²) in [6.45, 7) is 13.1. The number of nitrogens with zero attached hydrogens (tertiary/aromatic N) is 5. The molecule has 9 heteroatoms. The van der Waals surface area contributed by atoms with Crippen LogP contribution in [0.3, 0.4) is 0 Å². The molecule has 44 heavy (non-hydrogen) atoms. The van der Waals surface area contributed by atoms with Crippen molar-refractivity contribution >= 4 is 27.5 Å². The first kappa shape index (κ1) is 29.3. The number of nitrogens with one attached hydrogen (secondary N) is 1. The smallest absolute Gasteiger partial charge is 0.319 e. The number of ether oxygens (including phenoxy) is 1. The molecule has 0 bridgehead atoms. The van der Waals surface area contributed by atoms with E-state index in [1.807, 2.05) is 32.0 Å². The number of halogens is 2. The van der Waals surface area contributed by atoms with Crippen LogP contribution in [0.1, 0.15) is 57.7 Å². The van der Waals surface area contributed by atoms with Gasteiger partial charge in [0.05, 0.1) is 16.6 Å². The predicted molar refractivity (Wildman–Crippen MR) is 171 cm³/mol. The monoisotopic (exact) mass is 600 g/mol. The number of fused-ring (bicyclic) bond motifs is 4. The number of hydrogen-bond acceptors (Lipinski definition) is 7. The molecule has 1 N–H and O–H groups in total. The zero-order chi connectivity index (χ0) is 30.6. The summed E-state index contributed by atoms with van der Waals surface area (Å²) in [5, 5.41) is 5.72. The van der Waals surface area contributed by atoms with Gasteiger partial charge in [-0.25, -0.2) is 13.8 Å². The van der Waals surface area contributed by atoms with Crippen LogP contribution in [0.2, 0.25) is 0 Å². The molecule has 4 aliphatic rings. The number of aryl methyl sites for hydroxylation is 1. The van der Waals surface area contributed by atoms with E-state index in [9.17, 15) is 4.39 Å². The number of aromatic nitrogens is 3. The lowest BCUT2D eigenvalue weighted by Crippen LogP contribution is -2.54. The summed E-state index contributed by atoms with van der Waals surface area (Å²) < 4.78 is 38.1. The largest absolute Gasteiger partial charge is 0.461 e. The fourth-order valence-electron chi connectivity index (χ4n) is 8.13. The molecule has 2 aromatic carbocycles. The molecule has 0 radical (unpaired) electrons. The van der Waals surface area contributed by atoms with E-state index in [-0.39, 0.29) is 40.5 Å². The van der Waals surface area contributed by atoms with Gasteiger partial charge in [0.25, 0.3) is 0 Å². The second-order valence-electron chi connectivity index (χ2n) is 12.7. The van der Waals surface area contributed by atoms with Crippen LogP contribution in [-0.2, 0) is 6.42 Å². The first-order valence-corrected chi connectivity index (χ1v) is 16.4. The molecule has 3 fully saturated rings. The van der Waals surface area contributed by atoms with Crippen LogP contribution in [0, 0.1) is 24.5 Å². The number of rotatable bonds is 4. The molecule has 6 heterocycles. The second kappa shape index (κ2) is 11.5. The quantitative estimate of drug-likeness (QED) is 0.289. The Kier molecular flexibility index (Phi) is 7.65. The molecule has 8 rings (SSSR count). The van der Waals surface area contributed by atoms with Crippen LogP contribution >= 0.6 is 0 Å². The van der Waals surface area contributed by atoms with Crippen molar-refractivity contribution in [1.29, 1.82) is 0 Å². The molecule has 0 amide bonds. The van der Waals surface area contributed by atoms with Crippen molar-refractivity contribution < 1.29 is 13.5 Å². The van der Waals surface area contributed by atoms with Crippen LogP contribution < -0.4 is 15.0 Å². The predicted octanol–water partition coefficient (Wildman–Crippen LogP) is 6.44. The van der Waals surface area contributed by atoms with E-state index in [0.29, 0.717) is 40.7 Å². The third-order valence-corrected chi connectivity index (χ3v) is 10.3. The molecule has 4 aromatic rings. The second-order valence-corrected chi connectivity index (χ2v) is 12.7. The highest BCUT2D eigenvalue weighted by Crippen LogP contribution is 2.43. The van der Waals surface area contributed by atoms with E-state index in [2.05, 4.69) is 22.0 Å². The summed E-state index contributed by atoms with van der Waals surface area (Å²) in [5.74, 6) is 0.133. The van der Waals surface area contributed by atoms with Crippen LogP contribution in [-0.4, -0.2) is 70.8 Å². The van der Waals surface area contributed by atoms with Gasteiger partial charge < -0.3 is 15.0 Å². The molecule has 232 valence electrons. The van der Waals surface area contributed by atoms with E-state index in [1.165, 1.54) is 18.9 Å². The molecule has 0 spiro atoms. The van der Waals surface area contributed by atoms with Crippen molar-refractivity contribution in [3.05, 3.63) is 53.2 Å². The van der Waals surface area contributed by atoms with Gasteiger partial charge in [-0.2, -0.15) is 9.97 Å². The lowest BCUT2D eigenvalue weighted by atomic mass is 9.94. The Morgan fingerprint density at radius 3 is 2.59 bits per heavy atom. The van der Waals surface area contributed by atoms with E-state index >= 15 is 4.39 Å². The number of piperazine rings is 1. The maximum absolute atomic E-state index is 16.9. The average Bonchev–Trinajstić information content (AvgIpc) is 3.61. The van der Waals surface area contributed by atoms with Gasteiger partial charge in [-0.15, -0.1) is 0 Å². The molecule has 1 unspecified atom stereocenters. The summed E-state index contributed by atoms with van der Waals surface area (Å²) in [4.78, 5) is 19.6. The molecule has 4 aliphatic heterocycles. The van der Waals surface area contributed by atoms with Crippen LogP contribution in [0.25, 0.3) is 32.9 Å². The summed E-state index contributed by atoms with van der Waals surface area (Å²) >= 11 is 0. The Morgan fingerprint density at radius 1 is 1.00 bits per heavy atom. The molecule has 0 saturated carbocycles.